The van der Waals surface area contributed by atoms with Gasteiger partial charge in [-0.25, -0.2) is 4.42 Å². The van der Waals surface area contributed by atoms with E-state index in [1.165, 1.54) is 11.1 Å². The number of nitrogens with zero attached hydrogens (tertiary/aromatic N) is 1. The second-order valence-electron chi connectivity index (χ2n) is 3.70. The molecule has 78 valence electrons. The van der Waals surface area contributed by atoms with E-state index in [1.807, 2.05) is 7.05 Å². The Morgan fingerprint density at radius 2 is 1.86 bits per heavy atom. The monoisotopic (exact) mass is 211 g/mol. The van der Waals surface area contributed by atoms with E-state index in [2.05, 4.69) is 38.1 Å². The fourth-order valence-corrected chi connectivity index (χ4v) is 1.61. The average molecular weight is 212 g/mol. The highest BCUT2D eigenvalue weighted by molar-refractivity contribution is 6.13. The van der Waals surface area contributed by atoms with E-state index in [1.54, 1.807) is 4.42 Å². The molecule has 1 aromatic carbocycles. The molecule has 0 fully saturated rings. The molecule has 2 heteroatoms. The van der Waals surface area contributed by atoms with Crippen molar-refractivity contribution in [1.29, 1.82) is 0 Å². The lowest BCUT2D eigenvalue weighted by atomic mass is 9.99. The first-order chi connectivity index (χ1) is 6.65. The molecule has 0 saturated carbocycles. The minimum Gasteiger partial charge on any atom is -0.220 e. The van der Waals surface area contributed by atoms with Crippen LogP contribution >= 0.6 is 11.8 Å². The third-order valence-corrected chi connectivity index (χ3v) is 2.96. The van der Waals surface area contributed by atoms with Gasteiger partial charge in [-0.1, -0.05) is 31.2 Å². The molecule has 0 aliphatic carbocycles. The van der Waals surface area contributed by atoms with Crippen molar-refractivity contribution in [3.63, 3.8) is 0 Å². The number of rotatable bonds is 4. The van der Waals surface area contributed by atoms with Gasteiger partial charge in [0.1, 0.15) is 0 Å². The number of aryl methyl sites for hydroxylation is 1. The van der Waals surface area contributed by atoms with Crippen LogP contribution in [0.25, 0.3) is 0 Å². The SMILES string of the molecule is CCc1ccccc1CC(C)N(C)Cl. The van der Waals surface area contributed by atoms with Crippen LogP contribution in [0.15, 0.2) is 24.3 Å². The summed E-state index contributed by atoms with van der Waals surface area (Å²) < 4.78 is 1.74. The molecule has 0 bridgehead atoms. The van der Waals surface area contributed by atoms with E-state index in [0.29, 0.717) is 6.04 Å². The largest absolute Gasteiger partial charge is 0.220 e. The van der Waals surface area contributed by atoms with Crippen LogP contribution in [0.2, 0.25) is 0 Å². The molecule has 0 N–H and O–H groups in total. The first kappa shape index (κ1) is 11.5. The predicted octanol–water partition coefficient (Wildman–Crippen LogP) is 3.27. The van der Waals surface area contributed by atoms with Crippen molar-refractivity contribution in [2.45, 2.75) is 32.7 Å². The maximum Gasteiger partial charge on any atom is 0.0260 e. The van der Waals surface area contributed by atoms with Crippen LogP contribution in [-0.4, -0.2) is 17.5 Å². The van der Waals surface area contributed by atoms with E-state index >= 15 is 0 Å². The summed E-state index contributed by atoms with van der Waals surface area (Å²) in [5.41, 5.74) is 2.84. The molecular weight excluding hydrogens is 194 g/mol. The Bertz CT molecular complexity index is 283. The quantitative estimate of drug-likeness (QED) is 0.691. The van der Waals surface area contributed by atoms with Crippen molar-refractivity contribution in [2.75, 3.05) is 7.05 Å². The predicted molar refractivity (Wildman–Crippen MR) is 62.6 cm³/mol. The van der Waals surface area contributed by atoms with Gasteiger partial charge in [-0.2, -0.15) is 0 Å². The molecule has 1 rings (SSSR count). The second-order valence-corrected chi connectivity index (χ2v) is 4.23. The van der Waals surface area contributed by atoms with Gasteiger partial charge in [0.2, 0.25) is 0 Å². The minimum atomic E-state index is 0.379. The molecule has 0 spiro atoms. The Labute approximate surface area is 91.8 Å². The van der Waals surface area contributed by atoms with Gasteiger partial charge in [-0.15, -0.1) is 0 Å². The number of hydrogen-bond donors (Lipinski definition) is 0. The zero-order valence-electron chi connectivity index (χ0n) is 9.13. The third-order valence-electron chi connectivity index (χ3n) is 2.62. The standard InChI is InChI=1S/C12H18ClN/c1-4-11-7-5-6-8-12(11)9-10(2)14(3)13/h5-8,10H,4,9H2,1-3H3. The molecule has 0 amide bonds. The highest BCUT2D eigenvalue weighted by Gasteiger charge is 2.09. The summed E-state index contributed by atoms with van der Waals surface area (Å²) >= 11 is 5.91. The van der Waals surface area contributed by atoms with Crippen molar-refractivity contribution in [3.8, 4) is 0 Å². The van der Waals surface area contributed by atoms with Crippen LogP contribution in [0.5, 0.6) is 0 Å². The number of halogens is 1. The molecule has 0 heterocycles. The van der Waals surface area contributed by atoms with E-state index < -0.39 is 0 Å². The summed E-state index contributed by atoms with van der Waals surface area (Å²) in [6.45, 7) is 4.33. The van der Waals surface area contributed by atoms with Gasteiger partial charge in [0.15, 0.2) is 0 Å². The third kappa shape index (κ3) is 3.00. The topological polar surface area (TPSA) is 3.24 Å². The summed E-state index contributed by atoms with van der Waals surface area (Å²) in [4.78, 5) is 0. The number of benzene rings is 1. The first-order valence-electron chi connectivity index (χ1n) is 5.10. The molecule has 1 aromatic rings. The summed E-state index contributed by atoms with van der Waals surface area (Å²) in [6.07, 6.45) is 2.11. The van der Waals surface area contributed by atoms with Crippen LogP contribution < -0.4 is 0 Å². The zero-order chi connectivity index (χ0) is 10.6. The van der Waals surface area contributed by atoms with Crippen LogP contribution in [0, 0.1) is 0 Å². The van der Waals surface area contributed by atoms with Gasteiger partial charge >= 0.3 is 0 Å². The van der Waals surface area contributed by atoms with Gasteiger partial charge in [-0.05, 0) is 42.7 Å². The molecule has 1 atom stereocenters. The fourth-order valence-electron chi connectivity index (χ4n) is 1.55. The maximum absolute atomic E-state index is 5.91. The fraction of sp³-hybridized carbons (Fsp3) is 0.500. The Morgan fingerprint density at radius 1 is 1.29 bits per heavy atom. The lowest BCUT2D eigenvalue weighted by Crippen LogP contribution is -2.22. The van der Waals surface area contributed by atoms with Gasteiger partial charge in [0.05, 0.1) is 0 Å². The van der Waals surface area contributed by atoms with Gasteiger partial charge in [-0.3, -0.25) is 0 Å². The van der Waals surface area contributed by atoms with Crippen LogP contribution in [0.3, 0.4) is 0 Å². The maximum atomic E-state index is 5.91. The Hall–Kier alpha value is -0.530. The molecule has 0 aromatic heterocycles. The zero-order valence-corrected chi connectivity index (χ0v) is 9.88. The molecular formula is C12H18ClN. The summed E-state index contributed by atoms with van der Waals surface area (Å²) in [6, 6.07) is 8.95. The molecule has 0 saturated heterocycles. The molecule has 1 unspecified atom stereocenters. The van der Waals surface area contributed by atoms with E-state index in [4.69, 9.17) is 11.8 Å². The summed E-state index contributed by atoms with van der Waals surface area (Å²) in [7, 11) is 1.90. The highest BCUT2D eigenvalue weighted by atomic mass is 35.5. The van der Waals surface area contributed by atoms with Crippen molar-refractivity contribution in [1.82, 2.24) is 4.42 Å². The van der Waals surface area contributed by atoms with Crippen molar-refractivity contribution in [2.24, 2.45) is 0 Å². The summed E-state index contributed by atoms with van der Waals surface area (Å²) in [5, 5.41) is 0. The van der Waals surface area contributed by atoms with Crippen molar-refractivity contribution >= 4 is 11.8 Å². The van der Waals surface area contributed by atoms with Crippen molar-refractivity contribution in [3.05, 3.63) is 35.4 Å². The minimum absolute atomic E-state index is 0.379. The average Bonchev–Trinajstić information content (AvgIpc) is 2.18. The normalized spacial score (nSPS) is 13.2. The van der Waals surface area contributed by atoms with Crippen LogP contribution in [-0.2, 0) is 12.8 Å². The Balaban J connectivity index is 2.75. The first-order valence-corrected chi connectivity index (χ1v) is 5.44. The number of likely N-dealkylation sites (N-methyl/N-ethyl adjacent to an activating group) is 1. The van der Waals surface area contributed by atoms with Crippen molar-refractivity contribution < 1.29 is 0 Å². The van der Waals surface area contributed by atoms with Gasteiger partial charge < -0.3 is 0 Å². The summed E-state index contributed by atoms with van der Waals surface area (Å²) in [5.74, 6) is 0. The van der Waals surface area contributed by atoms with E-state index in [9.17, 15) is 0 Å². The molecule has 1 nitrogen and oxygen atoms in total. The van der Waals surface area contributed by atoms with E-state index in [0.717, 1.165) is 12.8 Å². The van der Waals surface area contributed by atoms with Gasteiger partial charge in [0.25, 0.3) is 0 Å². The van der Waals surface area contributed by atoms with E-state index in [-0.39, 0.29) is 0 Å². The molecule has 0 aliphatic heterocycles. The van der Waals surface area contributed by atoms with Crippen LogP contribution in [0.1, 0.15) is 25.0 Å². The highest BCUT2D eigenvalue weighted by Crippen LogP contribution is 2.14. The lowest BCUT2D eigenvalue weighted by Gasteiger charge is -2.18. The number of hydrogen-bond acceptors (Lipinski definition) is 1. The second kappa shape index (κ2) is 5.38. The molecule has 0 aliphatic rings. The Morgan fingerprint density at radius 3 is 2.36 bits per heavy atom. The molecule has 0 radical (unpaired) electrons. The lowest BCUT2D eigenvalue weighted by molar-refractivity contribution is 0.419. The smallest absolute Gasteiger partial charge is 0.0260 e. The molecule has 14 heavy (non-hydrogen) atoms. The Kier molecular flexibility index (Phi) is 4.43. The van der Waals surface area contributed by atoms with Crippen LogP contribution in [0.4, 0.5) is 0 Å². The van der Waals surface area contributed by atoms with Gasteiger partial charge in [0, 0.05) is 13.1 Å².